The molecule has 0 aliphatic heterocycles. The maximum Gasteiger partial charge on any atom is 0.0719 e. The maximum atomic E-state index is 9.29. The first-order chi connectivity index (χ1) is 6.11. The second kappa shape index (κ2) is 6.67. The molecule has 0 aromatic rings. The van der Waals surface area contributed by atoms with Gasteiger partial charge in [0.25, 0.3) is 0 Å². The van der Waals surface area contributed by atoms with Crippen LogP contribution in [0.2, 0.25) is 0 Å². The Bertz CT molecular complexity index is 179. The lowest BCUT2D eigenvalue weighted by Gasteiger charge is -2.11. The van der Waals surface area contributed by atoms with Gasteiger partial charge in [-0.1, -0.05) is 18.2 Å². The fourth-order valence-corrected chi connectivity index (χ4v) is 1.17. The third kappa shape index (κ3) is 5.42. The molecule has 0 saturated heterocycles. The van der Waals surface area contributed by atoms with Crippen LogP contribution in [0.5, 0.6) is 0 Å². The van der Waals surface area contributed by atoms with Crippen LogP contribution in [0.25, 0.3) is 0 Å². The first kappa shape index (κ1) is 12.2. The number of rotatable bonds is 6. The fraction of sp³-hybridized carbons (Fsp3) is 0.500. The highest BCUT2D eigenvalue weighted by Gasteiger charge is 2.04. The molecule has 1 atom stereocenters. The monoisotopic (exact) mass is 180 g/mol. The van der Waals surface area contributed by atoms with Crippen LogP contribution in [0.1, 0.15) is 26.7 Å². The molecule has 1 nitrogen and oxygen atoms in total. The zero-order valence-electron chi connectivity index (χ0n) is 8.66. The lowest BCUT2D eigenvalue weighted by molar-refractivity contribution is 0.230. The second-order valence-corrected chi connectivity index (χ2v) is 3.40. The van der Waals surface area contributed by atoms with Crippen molar-refractivity contribution in [2.24, 2.45) is 5.92 Å². The molecule has 0 aromatic carbocycles. The van der Waals surface area contributed by atoms with Crippen molar-refractivity contribution >= 4 is 0 Å². The highest BCUT2D eigenvalue weighted by atomic mass is 16.3. The van der Waals surface area contributed by atoms with Gasteiger partial charge in [-0.05, 0) is 38.2 Å². The van der Waals surface area contributed by atoms with Crippen LogP contribution in [-0.4, -0.2) is 11.2 Å². The molecule has 0 fully saturated rings. The summed E-state index contributed by atoms with van der Waals surface area (Å²) in [6, 6.07) is 0. The van der Waals surface area contributed by atoms with E-state index in [0.717, 1.165) is 18.4 Å². The standard InChI is InChI=1S/C12H20O/c1-5-7-12(8-6-2)9-10(3)11(4)13/h5-6,9,11-13H,1-2,7-8H2,3-4H3. The molecule has 0 bridgehead atoms. The summed E-state index contributed by atoms with van der Waals surface area (Å²) >= 11 is 0. The molecular formula is C12H20O. The summed E-state index contributed by atoms with van der Waals surface area (Å²) in [6.45, 7) is 11.1. The van der Waals surface area contributed by atoms with Gasteiger partial charge in [0.1, 0.15) is 0 Å². The maximum absolute atomic E-state index is 9.29. The van der Waals surface area contributed by atoms with E-state index in [1.165, 1.54) is 0 Å². The highest BCUT2D eigenvalue weighted by molar-refractivity contribution is 5.07. The predicted molar refractivity (Wildman–Crippen MR) is 58.6 cm³/mol. The number of hydrogen-bond donors (Lipinski definition) is 1. The lowest BCUT2D eigenvalue weighted by atomic mass is 9.97. The van der Waals surface area contributed by atoms with Gasteiger partial charge in [0.15, 0.2) is 0 Å². The van der Waals surface area contributed by atoms with Crippen LogP contribution >= 0.6 is 0 Å². The zero-order valence-corrected chi connectivity index (χ0v) is 8.66. The molecule has 13 heavy (non-hydrogen) atoms. The number of hydrogen-bond acceptors (Lipinski definition) is 1. The van der Waals surface area contributed by atoms with E-state index >= 15 is 0 Å². The third-order valence-corrected chi connectivity index (χ3v) is 2.10. The smallest absolute Gasteiger partial charge is 0.0719 e. The van der Waals surface area contributed by atoms with E-state index < -0.39 is 0 Å². The fourth-order valence-electron chi connectivity index (χ4n) is 1.17. The Morgan fingerprint density at radius 2 is 1.77 bits per heavy atom. The van der Waals surface area contributed by atoms with E-state index in [1.54, 1.807) is 6.92 Å². The molecular weight excluding hydrogens is 160 g/mol. The molecule has 0 radical (unpaired) electrons. The molecule has 0 rings (SSSR count). The molecule has 0 aromatic heterocycles. The van der Waals surface area contributed by atoms with Crippen LogP contribution in [0.15, 0.2) is 37.0 Å². The Kier molecular flexibility index (Phi) is 6.25. The molecule has 0 amide bonds. The highest BCUT2D eigenvalue weighted by Crippen LogP contribution is 2.15. The van der Waals surface area contributed by atoms with Crippen molar-refractivity contribution in [1.29, 1.82) is 0 Å². The van der Waals surface area contributed by atoms with Crippen molar-refractivity contribution in [3.8, 4) is 0 Å². The molecule has 0 aliphatic rings. The summed E-state index contributed by atoms with van der Waals surface area (Å²) in [7, 11) is 0. The number of aliphatic hydroxyl groups excluding tert-OH is 1. The SMILES string of the molecule is C=CCC(C=C(C)C(C)O)CC=C. The summed E-state index contributed by atoms with van der Waals surface area (Å²) < 4.78 is 0. The average molecular weight is 180 g/mol. The van der Waals surface area contributed by atoms with Crippen molar-refractivity contribution in [3.05, 3.63) is 37.0 Å². The Balaban J connectivity index is 4.28. The Morgan fingerprint density at radius 3 is 2.08 bits per heavy atom. The van der Waals surface area contributed by atoms with E-state index in [2.05, 4.69) is 19.2 Å². The van der Waals surface area contributed by atoms with Crippen LogP contribution in [0.4, 0.5) is 0 Å². The van der Waals surface area contributed by atoms with Gasteiger partial charge >= 0.3 is 0 Å². The van der Waals surface area contributed by atoms with Crippen LogP contribution in [0, 0.1) is 5.92 Å². The molecule has 0 saturated carbocycles. The number of allylic oxidation sites excluding steroid dienone is 3. The van der Waals surface area contributed by atoms with Gasteiger partial charge in [-0.2, -0.15) is 0 Å². The molecule has 1 N–H and O–H groups in total. The molecule has 0 aliphatic carbocycles. The average Bonchev–Trinajstić information content (AvgIpc) is 2.05. The van der Waals surface area contributed by atoms with E-state index in [1.807, 2.05) is 19.1 Å². The van der Waals surface area contributed by atoms with Gasteiger partial charge in [0, 0.05) is 0 Å². The van der Waals surface area contributed by atoms with Gasteiger partial charge in [0.2, 0.25) is 0 Å². The van der Waals surface area contributed by atoms with Crippen molar-refractivity contribution in [3.63, 3.8) is 0 Å². The van der Waals surface area contributed by atoms with Crippen molar-refractivity contribution < 1.29 is 5.11 Å². The van der Waals surface area contributed by atoms with Gasteiger partial charge < -0.3 is 5.11 Å². The van der Waals surface area contributed by atoms with E-state index in [0.29, 0.717) is 5.92 Å². The van der Waals surface area contributed by atoms with Crippen LogP contribution in [0.3, 0.4) is 0 Å². The first-order valence-corrected chi connectivity index (χ1v) is 4.70. The van der Waals surface area contributed by atoms with Crippen LogP contribution in [-0.2, 0) is 0 Å². The van der Waals surface area contributed by atoms with Crippen molar-refractivity contribution in [1.82, 2.24) is 0 Å². The summed E-state index contributed by atoms with van der Waals surface area (Å²) in [4.78, 5) is 0. The van der Waals surface area contributed by atoms with Gasteiger partial charge in [-0.15, -0.1) is 13.2 Å². The van der Waals surface area contributed by atoms with Gasteiger partial charge in [-0.25, -0.2) is 0 Å². The molecule has 1 unspecified atom stereocenters. The third-order valence-electron chi connectivity index (χ3n) is 2.10. The first-order valence-electron chi connectivity index (χ1n) is 4.70. The second-order valence-electron chi connectivity index (χ2n) is 3.40. The normalized spacial score (nSPS) is 14.3. The number of aliphatic hydroxyl groups is 1. The van der Waals surface area contributed by atoms with Gasteiger partial charge in [-0.3, -0.25) is 0 Å². The van der Waals surface area contributed by atoms with Crippen molar-refractivity contribution in [2.75, 3.05) is 0 Å². The predicted octanol–water partition coefficient (Wildman–Crippen LogP) is 3.08. The summed E-state index contributed by atoms with van der Waals surface area (Å²) in [5.74, 6) is 0.435. The summed E-state index contributed by atoms with van der Waals surface area (Å²) in [6.07, 6.45) is 7.44. The minimum Gasteiger partial charge on any atom is -0.389 e. The minimum absolute atomic E-state index is 0.350. The molecule has 74 valence electrons. The van der Waals surface area contributed by atoms with Gasteiger partial charge in [0.05, 0.1) is 6.10 Å². The Morgan fingerprint density at radius 1 is 1.31 bits per heavy atom. The topological polar surface area (TPSA) is 20.2 Å². The minimum atomic E-state index is -0.350. The quantitative estimate of drug-likeness (QED) is 0.623. The molecule has 1 heteroatoms. The zero-order chi connectivity index (χ0) is 10.3. The Labute approximate surface area is 81.5 Å². The van der Waals surface area contributed by atoms with Crippen LogP contribution < -0.4 is 0 Å². The summed E-state index contributed by atoms with van der Waals surface area (Å²) in [5.41, 5.74) is 1.02. The molecule has 0 heterocycles. The Hall–Kier alpha value is -0.820. The van der Waals surface area contributed by atoms with E-state index in [9.17, 15) is 5.11 Å². The van der Waals surface area contributed by atoms with E-state index in [-0.39, 0.29) is 6.10 Å². The largest absolute Gasteiger partial charge is 0.389 e. The summed E-state index contributed by atoms with van der Waals surface area (Å²) in [5, 5.41) is 9.29. The van der Waals surface area contributed by atoms with Crippen molar-refractivity contribution in [2.45, 2.75) is 32.8 Å². The lowest BCUT2D eigenvalue weighted by Crippen LogP contribution is -2.04. The van der Waals surface area contributed by atoms with E-state index in [4.69, 9.17) is 0 Å². The molecule has 0 spiro atoms.